The molecule has 0 atom stereocenters. The Morgan fingerprint density at radius 1 is 1.07 bits per heavy atom. The summed E-state index contributed by atoms with van der Waals surface area (Å²) in [7, 11) is 0. The highest BCUT2D eigenvalue weighted by Crippen LogP contribution is 2.32. The highest BCUT2D eigenvalue weighted by atomic mass is 32.2. The van der Waals surface area contributed by atoms with E-state index in [2.05, 4.69) is 15.6 Å². The van der Waals surface area contributed by atoms with Crippen molar-refractivity contribution in [3.63, 3.8) is 0 Å². The van der Waals surface area contributed by atoms with Crippen molar-refractivity contribution in [2.45, 2.75) is 18.5 Å². The number of nitrogens with one attached hydrogen (secondary N) is 2. The number of thioether (sulfide) groups is 1. The van der Waals surface area contributed by atoms with Gasteiger partial charge in [0.1, 0.15) is 5.03 Å². The number of fused-ring (bicyclic) bond motifs is 1. The van der Waals surface area contributed by atoms with Crippen molar-refractivity contribution in [1.82, 2.24) is 10.3 Å². The first-order chi connectivity index (χ1) is 14.6. The van der Waals surface area contributed by atoms with E-state index in [0.29, 0.717) is 24.3 Å². The minimum absolute atomic E-state index is 0.151. The van der Waals surface area contributed by atoms with Crippen LogP contribution in [-0.2, 0) is 6.54 Å². The van der Waals surface area contributed by atoms with E-state index in [9.17, 15) is 9.59 Å². The molecule has 3 amide bonds. The van der Waals surface area contributed by atoms with Gasteiger partial charge in [-0.2, -0.15) is 0 Å². The predicted molar refractivity (Wildman–Crippen MR) is 120 cm³/mol. The summed E-state index contributed by atoms with van der Waals surface area (Å²) < 4.78 is 0. The Morgan fingerprint density at radius 3 is 2.60 bits per heavy atom. The van der Waals surface area contributed by atoms with Crippen LogP contribution in [-0.4, -0.2) is 29.2 Å². The Morgan fingerprint density at radius 2 is 1.83 bits per heavy atom. The van der Waals surface area contributed by atoms with Crippen molar-refractivity contribution < 1.29 is 9.59 Å². The molecule has 0 spiro atoms. The van der Waals surface area contributed by atoms with Crippen LogP contribution in [0.25, 0.3) is 0 Å². The van der Waals surface area contributed by atoms with Crippen molar-refractivity contribution in [2.75, 3.05) is 22.5 Å². The second-order valence-electron chi connectivity index (χ2n) is 7.00. The molecule has 2 N–H and O–H groups in total. The third-order valence-corrected chi connectivity index (χ3v) is 5.79. The normalized spacial score (nSPS) is 12.8. The lowest BCUT2D eigenvalue weighted by Crippen LogP contribution is -2.38. The molecular formula is C23H22N4O2S. The Hall–Kier alpha value is -3.32. The molecule has 6 nitrogen and oxygen atoms in total. The molecule has 2 aromatic carbocycles. The van der Waals surface area contributed by atoms with Gasteiger partial charge in [0.25, 0.3) is 5.91 Å². The lowest BCUT2D eigenvalue weighted by Gasteiger charge is -2.28. The zero-order valence-corrected chi connectivity index (χ0v) is 17.4. The van der Waals surface area contributed by atoms with E-state index in [1.165, 1.54) is 5.56 Å². The largest absolute Gasteiger partial charge is 0.348 e. The summed E-state index contributed by atoms with van der Waals surface area (Å²) in [5.74, 6) is 0.652. The standard InChI is InChI=1S/C23H22N4O2S/c1-16-4-6-17(7-5-16)15-25-21(28)18-8-10-19(11-9-18)26-23(29)27-13-14-30-22-20(27)3-2-12-24-22/h2-12H,13-15H2,1H3,(H,25,28)(H,26,29). The summed E-state index contributed by atoms with van der Waals surface area (Å²) in [4.78, 5) is 31.1. The lowest BCUT2D eigenvalue weighted by atomic mass is 10.1. The van der Waals surface area contributed by atoms with E-state index in [4.69, 9.17) is 0 Å². The van der Waals surface area contributed by atoms with Crippen LogP contribution < -0.4 is 15.5 Å². The molecule has 4 rings (SSSR count). The van der Waals surface area contributed by atoms with Crippen LogP contribution in [0.2, 0.25) is 0 Å². The molecule has 1 aliphatic rings. The van der Waals surface area contributed by atoms with Gasteiger partial charge < -0.3 is 10.6 Å². The first-order valence-electron chi connectivity index (χ1n) is 9.70. The van der Waals surface area contributed by atoms with Gasteiger partial charge in [-0.15, -0.1) is 11.8 Å². The molecule has 7 heteroatoms. The van der Waals surface area contributed by atoms with E-state index in [1.54, 1.807) is 47.1 Å². The fraction of sp³-hybridized carbons (Fsp3) is 0.174. The van der Waals surface area contributed by atoms with Crippen LogP contribution in [0.5, 0.6) is 0 Å². The van der Waals surface area contributed by atoms with Gasteiger partial charge in [0.05, 0.1) is 5.69 Å². The number of anilines is 2. The maximum atomic E-state index is 12.7. The van der Waals surface area contributed by atoms with E-state index in [0.717, 1.165) is 22.0 Å². The number of benzene rings is 2. The molecule has 0 saturated heterocycles. The number of nitrogens with zero attached hydrogens (tertiary/aromatic N) is 2. The highest BCUT2D eigenvalue weighted by Gasteiger charge is 2.23. The molecule has 0 radical (unpaired) electrons. The van der Waals surface area contributed by atoms with Gasteiger partial charge in [0, 0.05) is 36.3 Å². The van der Waals surface area contributed by atoms with Gasteiger partial charge in [0.2, 0.25) is 0 Å². The molecule has 0 aliphatic carbocycles. The van der Waals surface area contributed by atoms with Gasteiger partial charge in [0.15, 0.2) is 0 Å². The predicted octanol–water partition coefficient (Wildman–Crippen LogP) is 4.46. The second-order valence-corrected chi connectivity index (χ2v) is 8.09. The third kappa shape index (κ3) is 4.63. The van der Waals surface area contributed by atoms with Gasteiger partial charge in [-0.3, -0.25) is 9.69 Å². The number of urea groups is 1. The molecule has 152 valence electrons. The molecule has 1 aliphatic heterocycles. The van der Waals surface area contributed by atoms with Gasteiger partial charge in [-0.1, -0.05) is 29.8 Å². The third-order valence-electron chi connectivity index (χ3n) is 4.81. The van der Waals surface area contributed by atoms with Gasteiger partial charge in [-0.05, 0) is 48.9 Å². The van der Waals surface area contributed by atoms with Crippen molar-refractivity contribution >= 4 is 35.1 Å². The minimum Gasteiger partial charge on any atom is -0.348 e. The number of aryl methyl sites for hydroxylation is 1. The maximum absolute atomic E-state index is 12.7. The lowest BCUT2D eigenvalue weighted by molar-refractivity contribution is 0.0951. The summed E-state index contributed by atoms with van der Waals surface area (Å²) >= 11 is 1.65. The average molecular weight is 419 g/mol. The Bertz CT molecular complexity index is 1050. The number of amides is 3. The van der Waals surface area contributed by atoms with Crippen molar-refractivity contribution in [1.29, 1.82) is 0 Å². The Balaban J connectivity index is 1.36. The molecule has 1 aromatic heterocycles. The van der Waals surface area contributed by atoms with Crippen LogP contribution >= 0.6 is 11.8 Å². The van der Waals surface area contributed by atoms with Crippen LogP contribution in [0.3, 0.4) is 0 Å². The number of aromatic nitrogens is 1. The van der Waals surface area contributed by atoms with Gasteiger partial charge >= 0.3 is 6.03 Å². The first kappa shape index (κ1) is 20.0. The Labute approximate surface area is 179 Å². The van der Waals surface area contributed by atoms with Crippen LogP contribution in [0, 0.1) is 6.92 Å². The summed E-state index contributed by atoms with van der Waals surface area (Å²) in [5.41, 5.74) is 4.24. The summed E-state index contributed by atoms with van der Waals surface area (Å²) in [6.07, 6.45) is 1.73. The van der Waals surface area contributed by atoms with Crippen LogP contribution in [0.1, 0.15) is 21.5 Å². The molecule has 0 saturated carbocycles. The number of carbonyl (C=O) groups is 2. The number of rotatable bonds is 4. The molecular weight excluding hydrogens is 396 g/mol. The second kappa shape index (κ2) is 9.00. The van der Waals surface area contributed by atoms with Crippen molar-refractivity contribution in [2.24, 2.45) is 0 Å². The number of hydrogen-bond acceptors (Lipinski definition) is 4. The van der Waals surface area contributed by atoms with Crippen molar-refractivity contribution in [3.8, 4) is 0 Å². The van der Waals surface area contributed by atoms with Crippen molar-refractivity contribution in [3.05, 3.63) is 83.6 Å². The number of carbonyl (C=O) groups excluding carboxylic acids is 2. The SMILES string of the molecule is Cc1ccc(CNC(=O)c2ccc(NC(=O)N3CCSc4ncccc43)cc2)cc1. The highest BCUT2D eigenvalue weighted by molar-refractivity contribution is 7.99. The molecule has 0 unspecified atom stereocenters. The molecule has 3 aromatic rings. The first-order valence-corrected chi connectivity index (χ1v) is 10.7. The maximum Gasteiger partial charge on any atom is 0.326 e. The monoisotopic (exact) mass is 418 g/mol. The number of hydrogen-bond donors (Lipinski definition) is 2. The summed E-state index contributed by atoms with van der Waals surface area (Å²) in [6.45, 7) is 3.12. The topological polar surface area (TPSA) is 74.3 Å². The van der Waals surface area contributed by atoms with Crippen LogP contribution in [0.15, 0.2) is 71.9 Å². The van der Waals surface area contributed by atoms with E-state index in [-0.39, 0.29) is 11.9 Å². The summed E-state index contributed by atoms with van der Waals surface area (Å²) in [6, 6.07) is 18.5. The smallest absolute Gasteiger partial charge is 0.326 e. The van der Waals surface area contributed by atoms with E-state index < -0.39 is 0 Å². The fourth-order valence-electron chi connectivity index (χ4n) is 3.15. The zero-order chi connectivity index (χ0) is 20.9. The summed E-state index contributed by atoms with van der Waals surface area (Å²) in [5, 5.41) is 6.67. The Kier molecular flexibility index (Phi) is 5.99. The molecule has 0 bridgehead atoms. The molecule has 2 heterocycles. The average Bonchev–Trinajstić information content (AvgIpc) is 2.78. The van der Waals surface area contributed by atoms with Crippen LogP contribution in [0.4, 0.5) is 16.2 Å². The van der Waals surface area contributed by atoms with E-state index in [1.807, 2.05) is 43.3 Å². The molecule has 0 fully saturated rings. The fourth-order valence-corrected chi connectivity index (χ4v) is 4.08. The quantitative estimate of drug-likeness (QED) is 0.656. The number of pyridine rings is 1. The zero-order valence-electron chi connectivity index (χ0n) is 16.6. The van der Waals surface area contributed by atoms with Gasteiger partial charge in [-0.25, -0.2) is 9.78 Å². The van der Waals surface area contributed by atoms with E-state index >= 15 is 0 Å². The molecule has 30 heavy (non-hydrogen) atoms. The minimum atomic E-state index is -0.207.